The molecule has 26 heavy (non-hydrogen) atoms. The van der Waals surface area contributed by atoms with Crippen LogP contribution in [0.25, 0.3) is 0 Å². The third kappa shape index (κ3) is 3.91. The number of hydrogen-bond acceptors (Lipinski definition) is 6. The van der Waals surface area contributed by atoms with Gasteiger partial charge in [-0.2, -0.15) is 0 Å². The van der Waals surface area contributed by atoms with Crippen LogP contribution in [-0.2, 0) is 33.7 Å². The average Bonchev–Trinajstić information content (AvgIpc) is 3.04. The number of carbonyl (C=O) groups is 3. The lowest BCUT2D eigenvalue weighted by Gasteiger charge is -2.11. The van der Waals surface area contributed by atoms with Gasteiger partial charge in [0, 0.05) is 23.8 Å². The predicted octanol–water partition coefficient (Wildman–Crippen LogP) is 2.06. The summed E-state index contributed by atoms with van der Waals surface area (Å²) < 4.78 is 4.86. The smallest absolute Gasteiger partial charge is 0.341 e. The summed E-state index contributed by atoms with van der Waals surface area (Å²) in [5.41, 5.74) is 2.14. The van der Waals surface area contributed by atoms with E-state index in [1.165, 1.54) is 18.4 Å². The molecule has 3 rings (SSSR count). The van der Waals surface area contributed by atoms with Crippen LogP contribution in [0.15, 0.2) is 24.5 Å². The van der Waals surface area contributed by atoms with Crippen LogP contribution in [0.5, 0.6) is 0 Å². The number of aromatic nitrogens is 1. The minimum Gasteiger partial charge on any atom is -0.465 e. The number of carbonyl (C=O) groups excluding carboxylic acids is 3. The van der Waals surface area contributed by atoms with Gasteiger partial charge in [0.2, 0.25) is 0 Å². The summed E-state index contributed by atoms with van der Waals surface area (Å²) in [6, 6.07) is 3.50. The van der Waals surface area contributed by atoms with E-state index in [9.17, 15) is 14.4 Å². The molecule has 2 N–H and O–H groups in total. The normalized spacial score (nSPS) is 12.8. The second kappa shape index (κ2) is 8.09. The monoisotopic (exact) mass is 373 g/mol. The number of pyridine rings is 1. The molecule has 0 fully saturated rings. The second-order valence-corrected chi connectivity index (χ2v) is 7.00. The second-order valence-electron chi connectivity index (χ2n) is 5.90. The molecule has 0 atom stereocenters. The molecule has 0 spiro atoms. The summed E-state index contributed by atoms with van der Waals surface area (Å²) in [6.07, 6.45) is 6.91. The van der Waals surface area contributed by atoms with Gasteiger partial charge < -0.3 is 15.4 Å². The zero-order valence-corrected chi connectivity index (χ0v) is 15.1. The summed E-state index contributed by atoms with van der Waals surface area (Å²) in [6.45, 7) is 0.222. The highest BCUT2D eigenvalue weighted by molar-refractivity contribution is 7.17. The van der Waals surface area contributed by atoms with Gasteiger partial charge >= 0.3 is 17.8 Å². The number of nitrogens with one attached hydrogen (secondary N) is 2. The van der Waals surface area contributed by atoms with Gasteiger partial charge in [0.1, 0.15) is 5.00 Å². The standard InChI is InChI=1S/C18H19N3O4S/c1-25-18(24)14-12-4-2-3-5-13(12)26-17(14)21-16(23)15(22)20-10-11-6-8-19-9-7-11/h6-9H,2-5,10H2,1H3,(H,20,22)(H,21,23). The molecule has 7 nitrogen and oxygen atoms in total. The van der Waals surface area contributed by atoms with Crippen molar-refractivity contribution < 1.29 is 19.1 Å². The van der Waals surface area contributed by atoms with E-state index in [-0.39, 0.29) is 6.54 Å². The topological polar surface area (TPSA) is 97.4 Å². The van der Waals surface area contributed by atoms with Gasteiger partial charge in [0.05, 0.1) is 12.7 Å². The first-order valence-corrected chi connectivity index (χ1v) is 9.12. The van der Waals surface area contributed by atoms with Gasteiger partial charge in [-0.15, -0.1) is 11.3 Å². The summed E-state index contributed by atoms with van der Waals surface area (Å²) in [5, 5.41) is 5.51. The maximum Gasteiger partial charge on any atom is 0.341 e. The Morgan fingerprint density at radius 3 is 2.62 bits per heavy atom. The van der Waals surface area contributed by atoms with Gasteiger partial charge in [-0.3, -0.25) is 14.6 Å². The first-order valence-electron chi connectivity index (χ1n) is 8.31. The number of anilines is 1. The minimum absolute atomic E-state index is 0.222. The number of amides is 2. The van der Waals surface area contributed by atoms with E-state index in [0.29, 0.717) is 10.6 Å². The fraction of sp³-hybridized carbons (Fsp3) is 0.333. The van der Waals surface area contributed by atoms with Crippen LogP contribution in [0.1, 0.15) is 39.2 Å². The van der Waals surface area contributed by atoms with E-state index >= 15 is 0 Å². The predicted molar refractivity (Wildman–Crippen MR) is 97.0 cm³/mol. The van der Waals surface area contributed by atoms with Crippen molar-refractivity contribution in [1.29, 1.82) is 0 Å². The molecule has 0 aromatic carbocycles. The van der Waals surface area contributed by atoms with E-state index in [1.807, 2.05) is 0 Å². The number of fused-ring (bicyclic) bond motifs is 1. The third-order valence-corrected chi connectivity index (χ3v) is 5.40. The lowest BCUT2D eigenvalue weighted by atomic mass is 9.95. The molecular formula is C18H19N3O4S. The Labute approximate surface area is 154 Å². The summed E-state index contributed by atoms with van der Waals surface area (Å²) in [4.78, 5) is 41.4. The molecule has 1 aliphatic carbocycles. The van der Waals surface area contributed by atoms with Crippen LogP contribution in [0.4, 0.5) is 5.00 Å². The van der Waals surface area contributed by atoms with Crippen LogP contribution < -0.4 is 10.6 Å². The van der Waals surface area contributed by atoms with Crippen LogP contribution in [0.3, 0.4) is 0 Å². The van der Waals surface area contributed by atoms with Gasteiger partial charge in [-0.25, -0.2) is 4.79 Å². The number of thiophene rings is 1. The molecule has 136 valence electrons. The third-order valence-electron chi connectivity index (χ3n) is 4.20. The molecular weight excluding hydrogens is 354 g/mol. The van der Waals surface area contributed by atoms with E-state index in [0.717, 1.165) is 41.7 Å². The highest BCUT2D eigenvalue weighted by atomic mass is 32.1. The number of esters is 1. The van der Waals surface area contributed by atoms with E-state index in [4.69, 9.17) is 4.74 Å². The van der Waals surface area contributed by atoms with Crippen molar-refractivity contribution in [3.63, 3.8) is 0 Å². The van der Waals surface area contributed by atoms with Crippen LogP contribution in [0, 0.1) is 0 Å². The van der Waals surface area contributed by atoms with Gasteiger partial charge in [0.25, 0.3) is 0 Å². The van der Waals surface area contributed by atoms with Gasteiger partial charge in [-0.1, -0.05) is 0 Å². The van der Waals surface area contributed by atoms with Crippen LogP contribution in [-0.4, -0.2) is 29.9 Å². The molecule has 2 heterocycles. The van der Waals surface area contributed by atoms with E-state index in [1.54, 1.807) is 24.5 Å². The van der Waals surface area contributed by atoms with Crippen molar-refractivity contribution in [2.24, 2.45) is 0 Å². The molecule has 0 saturated heterocycles. The van der Waals surface area contributed by atoms with Crippen molar-refractivity contribution in [3.8, 4) is 0 Å². The zero-order chi connectivity index (χ0) is 18.5. The number of aryl methyl sites for hydroxylation is 1. The first kappa shape index (κ1) is 18.1. The number of nitrogens with zero attached hydrogens (tertiary/aromatic N) is 1. The molecule has 0 radical (unpaired) electrons. The number of rotatable bonds is 4. The van der Waals surface area contributed by atoms with Crippen molar-refractivity contribution in [2.75, 3.05) is 12.4 Å². The maximum absolute atomic E-state index is 12.2. The molecule has 0 aliphatic heterocycles. The van der Waals surface area contributed by atoms with Gasteiger partial charge in [-0.05, 0) is 48.9 Å². The first-order chi connectivity index (χ1) is 12.6. The fourth-order valence-corrected chi connectivity index (χ4v) is 4.17. The Morgan fingerprint density at radius 2 is 1.88 bits per heavy atom. The Balaban J connectivity index is 1.71. The molecule has 2 amide bonds. The Bertz CT molecular complexity index is 832. The van der Waals surface area contributed by atoms with Crippen molar-refractivity contribution >= 4 is 34.1 Å². The van der Waals surface area contributed by atoms with Crippen molar-refractivity contribution in [2.45, 2.75) is 32.2 Å². The Kier molecular flexibility index (Phi) is 5.62. The molecule has 8 heteroatoms. The zero-order valence-electron chi connectivity index (χ0n) is 14.3. The Hall–Kier alpha value is -2.74. The molecule has 0 bridgehead atoms. The van der Waals surface area contributed by atoms with Crippen LogP contribution >= 0.6 is 11.3 Å². The summed E-state index contributed by atoms with van der Waals surface area (Å²) >= 11 is 1.34. The number of methoxy groups -OCH3 is 1. The molecule has 0 unspecified atom stereocenters. The minimum atomic E-state index is -0.803. The van der Waals surface area contributed by atoms with Crippen molar-refractivity contribution in [3.05, 3.63) is 46.1 Å². The fourth-order valence-electron chi connectivity index (χ4n) is 2.90. The van der Waals surface area contributed by atoms with Gasteiger partial charge in [0.15, 0.2) is 0 Å². The molecule has 2 aromatic heterocycles. The Morgan fingerprint density at radius 1 is 1.15 bits per heavy atom. The van der Waals surface area contributed by atoms with Crippen molar-refractivity contribution in [1.82, 2.24) is 10.3 Å². The average molecular weight is 373 g/mol. The highest BCUT2D eigenvalue weighted by Gasteiger charge is 2.28. The van der Waals surface area contributed by atoms with Crippen LogP contribution in [0.2, 0.25) is 0 Å². The van der Waals surface area contributed by atoms with E-state index < -0.39 is 17.8 Å². The maximum atomic E-state index is 12.2. The lowest BCUT2D eigenvalue weighted by Crippen LogP contribution is -2.35. The number of ether oxygens (including phenoxy) is 1. The number of hydrogen-bond donors (Lipinski definition) is 2. The molecule has 2 aromatic rings. The molecule has 1 aliphatic rings. The quantitative estimate of drug-likeness (QED) is 0.632. The summed E-state index contributed by atoms with van der Waals surface area (Å²) in [7, 11) is 1.31. The lowest BCUT2D eigenvalue weighted by molar-refractivity contribution is -0.136. The molecule has 0 saturated carbocycles. The van der Waals surface area contributed by atoms with E-state index in [2.05, 4.69) is 15.6 Å². The highest BCUT2D eigenvalue weighted by Crippen LogP contribution is 2.38. The largest absolute Gasteiger partial charge is 0.465 e. The summed E-state index contributed by atoms with van der Waals surface area (Å²) in [5.74, 6) is -2.05. The SMILES string of the molecule is COC(=O)c1c(NC(=O)C(=O)NCc2ccncc2)sc2c1CCCC2.